The van der Waals surface area contributed by atoms with Crippen molar-refractivity contribution in [2.45, 2.75) is 56.1 Å². The van der Waals surface area contributed by atoms with Crippen molar-refractivity contribution in [3.63, 3.8) is 0 Å². The van der Waals surface area contributed by atoms with Gasteiger partial charge in [-0.3, -0.25) is 4.79 Å². The Balaban J connectivity index is 1.45. The van der Waals surface area contributed by atoms with Gasteiger partial charge >= 0.3 is 0 Å². The Bertz CT molecular complexity index is 579. The van der Waals surface area contributed by atoms with Crippen LogP contribution in [0.2, 0.25) is 0 Å². The van der Waals surface area contributed by atoms with E-state index in [-0.39, 0.29) is 11.5 Å². The number of hydrogen-bond acceptors (Lipinski definition) is 4. The van der Waals surface area contributed by atoms with Crippen molar-refractivity contribution in [3.05, 3.63) is 35.9 Å². The molecular weight excluding hydrogens is 330 g/mol. The first kappa shape index (κ1) is 19.3. The van der Waals surface area contributed by atoms with Gasteiger partial charge in [0.15, 0.2) is 0 Å². The molecule has 2 saturated heterocycles. The highest BCUT2D eigenvalue weighted by Gasteiger charge is 2.46. The topological polar surface area (TPSA) is 59.0 Å². The summed E-state index contributed by atoms with van der Waals surface area (Å²) in [6.07, 6.45) is 5.23. The molecule has 144 valence electrons. The number of piperidine rings is 1. The zero-order chi connectivity index (χ0) is 18.5. The summed E-state index contributed by atoms with van der Waals surface area (Å²) in [7, 11) is 1.62. The third-order valence-corrected chi connectivity index (χ3v) is 5.77. The number of carbonyl (C=O) groups is 1. The second kappa shape index (κ2) is 8.51. The second-order valence-corrected chi connectivity index (χ2v) is 7.84. The molecule has 1 unspecified atom stereocenters. The van der Waals surface area contributed by atoms with Gasteiger partial charge in [-0.2, -0.15) is 0 Å². The fourth-order valence-electron chi connectivity index (χ4n) is 4.32. The highest BCUT2D eigenvalue weighted by molar-refractivity contribution is 5.76. The first-order chi connectivity index (χ1) is 12.5. The maximum Gasteiger partial charge on any atom is 0.222 e. The number of aliphatic hydroxyl groups is 1. The van der Waals surface area contributed by atoms with Crippen molar-refractivity contribution in [3.8, 4) is 0 Å². The molecular formula is C21H31NO4. The lowest BCUT2D eigenvalue weighted by Crippen LogP contribution is -2.56. The van der Waals surface area contributed by atoms with E-state index in [1.165, 1.54) is 5.56 Å². The van der Waals surface area contributed by atoms with Crippen LogP contribution in [0, 0.1) is 0 Å². The van der Waals surface area contributed by atoms with E-state index >= 15 is 0 Å². The SMILES string of the molecule is COCC1(O)CCOC2(CCN(C(=O)CCCc3ccccc3)CC2)C1. The van der Waals surface area contributed by atoms with E-state index in [1.807, 2.05) is 23.1 Å². The van der Waals surface area contributed by atoms with Gasteiger partial charge in [0.25, 0.3) is 0 Å². The maximum absolute atomic E-state index is 12.5. The largest absolute Gasteiger partial charge is 0.387 e. The lowest BCUT2D eigenvalue weighted by atomic mass is 9.77. The highest BCUT2D eigenvalue weighted by atomic mass is 16.5. The second-order valence-electron chi connectivity index (χ2n) is 7.84. The summed E-state index contributed by atoms with van der Waals surface area (Å²) in [5.74, 6) is 0.235. The summed E-state index contributed by atoms with van der Waals surface area (Å²) >= 11 is 0. The highest BCUT2D eigenvalue weighted by Crippen LogP contribution is 2.39. The Hall–Kier alpha value is -1.43. The zero-order valence-corrected chi connectivity index (χ0v) is 15.8. The summed E-state index contributed by atoms with van der Waals surface area (Å²) in [5.41, 5.74) is 0.187. The van der Waals surface area contributed by atoms with Gasteiger partial charge in [0, 0.05) is 39.5 Å². The lowest BCUT2D eigenvalue weighted by Gasteiger charge is -2.49. The average molecular weight is 361 g/mol. The van der Waals surface area contributed by atoms with E-state index in [4.69, 9.17) is 9.47 Å². The minimum atomic E-state index is -0.797. The quantitative estimate of drug-likeness (QED) is 0.846. The molecule has 0 aliphatic carbocycles. The summed E-state index contributed by atoms with van der Waals surface area (Å²) in [6.45, 7) is 2.34. The summed E-state index contributed by atoms with van der Waals surface area (Å²) in [5, 5.41) is 10.7. The minimum absolute atomic E-state index is 0.235. The number of ether oxygens (including phenoxy) is 2. The van der Waals surface area contributed by atoms with Crippen LogP contribution in [-0.2, 0) is 20.7 Å². The predicted molar refractivity (Wildman–Crippen MR) is 99.9 cm³/mol. The molecule has 5 nitrogen and oxygen atoms in total. The Labute approximate surface area is 156 Å². The molecule has 5 heteroatoms. The number of nitrogens with zero attached hydrogens (tertiary/aromatic N) is 1. The van der Waals surface area contributed by atoms with Gasteiger partial charge < -0.3 is 19.5 Å². The Morgan fingerprint density at radius 1 is 1.23 bits per heavy atom. The van der Waals surface area contributed by atoms with Gasteiger partial charge in [-0.25, -0.2) is 0 Å². The minimum Gasteiger partial charge on any atom is -0.387 e. The number of hydrogen-bond donors (Lipinski definition) is 1. The molecule has 2 fully saturated rings. The number of carbonyl (C=O) groups excluding carboxylic acids is 1. The number of likely N-dealkylation sites (tertiary alicyclic amines) is 1. The van der Waals surface area contributed by atoms with Crippen LogP contribution in [0.5, 0.6) is 0 Å². The van der Waals surface area contributed by atoms with Crippen LogP contribution in [0.15, 0.2) is 30.3 Å². The third-order valence-electron chi connectivity index (χ3n) is 5.77. The van der Waals surface area contributed by atoms with Crippen molar-refractivity contribution in [2.75, 3.05) is 33.4 Å². The smallest absolute Gasteiger partial charge is 0.222 e. The Morgan fingerprint density at radius 2 is 1.96 bits per heavy atom. The molecule has 0 radical (unpaired) electrons. The van der Waals surface area contributed by atoms with E-state index in [0.29, 0.717) is 45.6 Å². The van der Waals surface area contributed by atoms with Crippen LogP contribution in [0.1, 0.15) is 44.1 Å². The molecule has 1 amide bonds. The molecule has 0 saturated carbocycles. The summed E-state index contributed by atoms with van der Waals surface area (Å²) in [4.78, 5) is 14.5. The number of methoxy groups -OCH3 is 1. The standard InChI is InChI=1S/C21H31NO4/c1-25-17-20(24)12-15-26-21(16-20)10-13-22(14-11-21)19(23)9-5-8-18-6-3-2-4-7-18/h2-4,6-7,24H,5,8-17H2,1H3. The Kier molecular flexibility index (Phi) is 6.33. The summed E-state index contributed by atoms with van der Waals surface area (Å²) in [6, 6.07) is 10.3. The van der Waals surface area contributed by atoms with Crippen molar-refractivity contribution in [2.24, 2.45) is 0 Å². The van der Waals surface area contributed by atoms with Gasteiger partial charge in [-0.15, -0.1) is 0 Å². The van der Waals surface area contributed by atoms with Crippen LogP contribution in [0.4, 0.5) is 0 Å². The predicted octanol–water partition coefficient (Wildman–Crippen LogP) is 2.56. The number of rotatable bonds is 6. The molecule has 2 aliphatic heterocycles. The number of amides is 1. The van der Waals surface area contributed by atoms with Crippen LogP contribution >= 0.6 is 0 Å². The lowest BCUT2D eigenvalue weighted by molar-refractivity contribution is -0.192. The third kappa shape index (κ3) is 4.84. The van der Waals surface area contributed by atoms with Gasteiger partial charge in [0.2, 0.25) is 5.91 Å². The first-order valence-electron chi connectivity index (χ1n) is 9.71. The Morgan fingerprint density at radius 3 is 2.65 bits per heavy atom. The molecule has 0 bridgehead atoms. The molecule has 1 aromatic rings. The molecule has 2 heterocycles. The maximum atomic E-state index is 12.5. The number of aryl methyl sites for hydroxylation is 1. The van der Waals surface area contributed by atoms with Crippen LogP contribution in [-0.4, -0.2) is 60.5 Å². The fraction of sp³-hybridized carbons (Fsp3) is 0.667. The normalized spacial score (nSPS) is 25.4. The van der Waals surface area contributed by atoms with Gasteiger partial charge in [0.05, 0.1) is 24.4 Å². The van der Waals surface area contributed by atoms with Crippen molar-refractivity contribution in [1.82, 2.24) is 4.90 Å². The van der Waals surface area contributed by atoms with Crippen LogP contribution < -0.4 is 0 Å². The number of benzene rings is 1. The molecule has 1 aromatic carbocycles. The van der Waals surface area contributed by atoms with Crippen molar-refractivity contribution < 1.29 is 19.4 Å². The molecule has 3 rings (SSSR count). The molecule has 0 aromatic heterocycles. The fourth-order valence-corrected chi connectivity index (χ4v) is 4.32. The van der Waals surface area contributed by atoms with Gasteiger partial charge in [-0.1, -0.05) is 30.3 Å². The van der Waals surface area contributed by atoms with Gasteiger partial charge in [-0.05, 0) is 31.2 Å². The molecule has 1 atom stereocenters. The van der Waals surface area contributed by atoms with Crippen molar-refractivity contribution in [1.29, 1.82) is 0 Å². The van der Waals surface area contributed by atoms with Crippen LogP contribution in [0.25, 0.3) is 0 Å². The average Bonchev–Trinajstić information content (AvgIpc) is 2.63. The van der Waals surface area contributed by atoms with Gasteiger partial charge in [0.1, 0.15) is 0 Å². The van der Waals surface area contributed by atoms with E-state index in [0.717, 1.165) is 25.7 Å². The molecule has 2 aliphatic rings. The molecule has 1 N–H and O–H groups in total. The zero-order valence-electron chi connectivity index (χ0n) is 15.8. The molecule has 26 heavy (non-hydrogen) atoms. The molecule has 1 spiro atoms. The van der Waals surface area contributed by atoms with Crippen molar-refractivity contribution >= 4 is 5.91 Å². The van der Waals surface area contributed by atoms with E-state index in [1.54, 1.807) is 7.11 Å². The van der Waals surface area contributed by atoms with E-state index in [9.17, 15) is 9.90 Å². The monoisotopic (exact) mass is 361 g/mol. The first-order valence-corrected chi connectivity index (χ1v) is 9.71. The van der Waals surface area contributed by atoms with E-state index in [2.05, 4.69) is 12.1 Å². The summed E-state index contributed by atoms with van der Waals surface area (Å²) < 4.78 is 11.3. The van der Waals surface area contributed by atoms with E-state index < -0.39 is 5.60 Å². The van der Waals surface area contributed by atoms with Crippen LogP contribution in [0.3, 0.4) is 0 Å².